The maximum Gasteiger partial charge on any atom is 0.0492 e. The molecule has 3 rings (SSSR count). The second-order valence-electron chi connectivity index (χ2n) is 6.00. The fourth-order valence-electron chi connectivity index (χ4n) is 3.14. The standard InChI is InChI=1S/C18H24N4/c1-21(2)17-8-4-3-6-16(17)14-22-11-10-20-13-18(22)15-7-5-9-19-12-15/h3-9,12,18,20H,10-11,13-14H2,1-2H3. The van der Waals surface area contributed by atoms with E-state index in [0.29, 0.717) is 6.04 Å². The van der Waals surface area contributed by atoms with Crippen LogP contribution in [0, 0.1) is 0 Å². The Morgan fingerprint density at radius 2 is 2.09 bits per heavy atom. The molecule has 22 heavy (non-hydrogen) atoms. The van der Waals surface area contributed by atoms with Gasteiger partial charge in [-0.2, -0.15) is 0 Å². The minimum atomic E-state index is 0.387. The zero-order valence-electron chi connectivity index (χ0n) is 13.4. The van der Waals surface area contributed by atoms with Crippen molar-refractivity contribution in [1.82, 2.24) is 15.2 Å². The van der Waals surface area contributed by atoms with Crippen molar-refractivity contribution in [3.8, 4) is 0 Å². The van der Waals surface area contributed by atoms with E-state index in [4.69, 9.17) is 0 Å². The third-order valence-electron chi connectivity index (χ3n) is 4.27. The van der Waals surface area contributed by atoms with Crippen molar-refractivity contribution in [2.24, 2.45) is 0 Å². The Kier molecular flexibility index (Phi) is 4.71. The maximum atomic E-state index is 4.28. The summed E-state index contributed by atoms with van der Waals surface area (Å²) in [5, 5.41) is 3.51. The Bertz CT molecular complexity index is 597. The summed E-state index contributed by atoms with van der Waals surface area (Å²) in [6, 6.07) is 13.2. The lowest BCUT2D eigenvalue weighted by Gasteiger charge is -2.37. The van der Waals surface area contributed by atoms with Crippen LogP contribution in [0.5, 0.6) is 0 Å². The molecule has 1 aromatic carbocycles. The molecule has 0 spiro atoms. The van der Waals surface area contributed by atoms with E-state index in [2.05, 4.69) is 64.5 Å². The van der Waals surface area contributed by atoms with Crippen LogP contribution in [0.3, 0.4) is 0 Å². The number of aromatic nitrogens is 1. The number of anilines is 1. The molecule has 1 atom stereocenters. The molecular weight excluding hydrogens is 272 g/mol. The highest BCUT2D eigenvalue weighted by Crippen LogP contribution is 2.26. The van der Waals surface area contributed by atoms with E-state index >= 15 is 0 Å². The first-order valence-corrected chi connectivity index (χ1v) is 7.85. The lowest BCUT2D eigenvalue weighted by atomic mass is 10.0. The summed E-state index contributed by atoms with van der Waals surface area (Å²) >= 11 is 0. The molecule has 4 nitrogen and oxygen atoms in total. The molecule has 2 aromatic rings. The van der Waals surface area contributed by atoms with E-state index in [0.717, 1.165) is 26.2 Å². The molecule has 1 aliphatic rings. The van der Waals surface area contributed by atoms with Gasteiger partial charge in [0.25, 0.3) is 0 Å². The van der Waals surface area contributed by atoms with Crippen LogP contribution in [0.4, 0.5) is 5.69 Å². The molecular formula is C18H24N4. The van der Waals surface area contributed by atoms with Crippen molar-refractivity contribution in [3.63, 3.8) is 0 Å². The second kappa shape index (κ2) is 6.90. The van der Waals surface area contributed by atoms with Gasteiger partial charge in [0.1, 0.15) is 0 Å². The summed E-state index contributed by atoms with van der Waals surface area (Å²) in [6.45, 7) is 4.05. The molecule has 1 aliphatic heterocycles. The average Bonchev–Trinajstić information content (AvgIpc) is 2.56. The molecule has 1 saturated heterocycles. The van der Waals surface area contributed by atoms with Gasteiger partial charge in [0.2, 0.25) is 0 Å². The molecule has 0 saturated carbocycles. The molecule has 0 amide bonds. The van der Waals surface area contributed by atoms with E-state index < -0.39 is 0 Å². The highest BCUT2D eigenvalue weighted by molar-refractivity contribution is 5.52. The second-order valence-corrected chi connectivity index (χ2v) is 6.00. The van der Waals surface area contributed by atoms with Gasteiger partial charge in [-0.3, -0.25) is 9.88 Å². The molecule has 1 unspecified atom stereocenters. The summed E-state index contributed by atoms with van der Waals surface area (Å²) in [5.41, 5.74) is 3.96. The minimum absolute atomic E-state index is 0.387. The van der Waals surface area contributed by atoms with Gasteiger partial charge >= 0.3 is 0 Å². The summed E-state index contributed by atoms with van der Waals surface area (Å²) in [6.07, 6.45) is 3.83. The highest BCUT2D eigenvalue weighted by Gasteiger charge is 2.24. The normalized spacial score (nSPS) is 19.1. The number of nitrogens with zero attached hydrogens (tertiary/aromatic N) is 3. The van der Waals surface area contributed by atoms with Crippen LogP contribution in [0.2, 0.25) is 0 Å². The van der Waals surface area contributed by atoms with E-state index in [9.17, 15) is 0 Å². The molecule has 1 N–H and O–H groups in total. The van der Waals surface area contributed by atoms with Gasteiger partial charge in [-0.15, -0.1) is 0 Å². The van der Waals surface area contributed by atoms with Crippen molar-refractivity contribution in [2.45, 2.75) is 12.6 Å². The molecule has 1 fully saturated rings. The highest BCUT2D eigenvalue weighted by atomic mass is 15.2. The third-order valence-corrected chi connectivity index (χ3v) is 4.27. The molecule has 0 radical (unpaired) electrons. The molecule has 1 aromatic heterocycles. The smallest absolute Gasteiger partial charge is 0.0492 e. The van der Waals surface area contributed by atoms with Crippen LogP contribution < -0.4 is 10.2 Å². The van der Waals surface area contributed by atoms with E-state index in [1.165, 1.54) is 16.8 Å². The molecule has 0 aliphatic carbocycles. The minimum Gasteiger partial charge on any atom is -0.377 e. The molecule has 116 valence electrons. The summed E-state index contributed by atoms with van der Waals surface area (Å²) in [5.74, 6) is 0. The van der Waals surface area contributed by atoms with Gasteiger partial charge in [-0.1, -0.05) is 24.3 Å². The summed E-state index contributed by atoms with van der Waals surface area (Å²) in [7, 11) is 4.21. The van der Waals surface area contributed by atoms with Crippen molar-refractivity contribution in [3.05, 3.63) is 59.9 Å². The Balaban J connectivity index is 1.83. The number of benzene rings is 1. The lowest BCUT2D eigenvalue weighted by molar-refractivity contribution is 0.153. The first kappa shape index (κ1) is 15.0. The summed E-state index contributed by atoms with van der Waals surface area (Å²) < 4.78 is 0. The molecule has 2 heterocycles. The average molecular weight is 296 g/mol. The van der Waals surface area contributed by atoms with Gasteiger partial charge in [-0.25, -0.2) is 0 Å². The Morgan fingerprint density at radius 3 is 2.86 bits per heavy atom. The fraction of sp³-hybridized carbons (Fsp3) is 0.389. The van der Waals surface area contributed by atoms with Crippen molar-refractivity contribution in [2.75, 3.05) is 38.6 Å². The first-order valence-electron chi connectivity index (χ1n) is 7.85. The van der Waals surface area contributed by atoms with Crippen molar-refractivity contribution in [1.29, 1.82) is 0 Å². The van der Waals surface area contributed by atoms with Gasteiger partial charge in [0.15, 0.2) is 0 Å². The monoisotopic (exact) mass is 296 g/mol. The van der Waals surface area contributed by atoms with Crippen molar-refractivity contribution < 1.29 is 0 Å². The first-order chi connectivity index (χ1) is 10.8. The largest absolute Gasteiger partial charge is 0.377 e. The topological polar surface area (TPSA) is 31.4 Å². The van der Waals surface area contributed by atoms with E-state index in [1.54, 1.807) is 0 Å². The summed E-state index contributed by atoms with van der Waals surface area (Å²) in [4.78, 5) is 9.03. The zero-order chi connectivity index (χ0) is 15.4. The number of rotatable bonds is 4. The van der Waals surface area contributed by atoms with Crippen LogP contribution in [0.1, 0.15) is 17.2 Å². The number of hydrogen-bond donors (Lipinski definition) is 1. The van der Waals surface area contributed by atoms with Gasteiger partial charge < -0.3 is 10.2 Å². The van der Waals surface area contributed by atoms with Crippen LogP contribution >= 0.6 is 0 Å². The van der Waals surface area contributed by atoms with Crippen LogP contribution in [0.15, 0.2) is 48.8 Å². The van der Waals surface area contributed by atoms with Crippen LogP contribution in [-0.4, -0.2) is 43.6 Å². The number of nitrogens with one attached hydrogen (secondary N) is 1. The maximum absolute atomic E-state index is 4.28. The Morgan fingerprint density at radius 1 is 1.23 bits per heavy atom. The van der Waals surface area contributed by atoms with Gasteiger partial charge in [-0.05, 0) is 23.3 Å². The Hall–Kier alpha value is -1.91. The Labute approximate surface area is 132 Å². The number of piperazine rings is 1. The predicted molar refractivity (Wildman–Crippen MR) is 91.0 cm³/mol. The van der Waals surface area contributed by atoms with Gasteiger partial charge in [0.05, 0.1) is 0 Å². The lowest BCUT2D eigenvalue weighted by Crippen LogP contribution is -2.45. The third kappa shape index (κ3) is 3.29. The van der Waals surface area contributed by atoms with Crippen LogP contribution in [0.25, 0.3) is 0 Å². The molecule has 4 heteroatoms. The number of para-hydroxylation sites is 1. The number of hydrogen-bond acceptors (Lipinski definition) is 4. The number of pyridine rings is 1. The quantitative estimate of drug-likeness (QED) is 0.938. The van der Waals surface area contributed by atoms with E-state index in [-0.39, 0.29) is 0 Å². The van der Waals surface area contributed by atoms with Gasteiger partial charge in [0, 0.05) is 64.4 Å². The fourth-order valence-corrected chi connectivity index (χ4v) is 3.14. The SMILES string of the molecule is CN(C)c1ccccc1CN1CCNCC1c1cccnc1. The zero-order valence-corrected chi connectivity index (χ0v) is 13.4. The van der Waals surface area contributed by atoms with Crippen molar-refractivity contribution >= 4 is 5.69 Å². The van der Waals surface area contributed by atoms with Crippen LogP contribution in [-0.2, 0) is 6.54 Å². The molecule has 0 bridgehead atoms. The predicted octanol–water partition coefficient (Wildman–Crippen LogP) is 2.29. The van der Waals surface area contributed by atoms with E-state index in [1.807, 2.05) is 18.5 Å².